The molecule has 3 rings (SSSR count). The van der Waals surface area contributed by atoms with E-state index in [9.17, 15) is 9.59 Å². The fraction of sp³-hybridized carbons (Fsp3) is 0.478. The van der Waals surface area contributed by atoms with Crippen molar-refractivity contribution in [3.63, 3.8) is 0 Å². The third-order valence-corrected chi connectivity index (χ3v) is 5.89. The largest absolute Gasteiger partial charge is 0.380 e. The molecule has 0 atom stereocenters. The lowest BCUT2D eigenvalue weighted by atomic mass is 9.89. The van der Waals surface area contributed by atoms with E-state index in [1.807, 2.05) is 26.0 Å². The molecule has 1 N–H and O–H groups in total. The lowest BCUT2D eigenvalue weighted by molar-refractivity contribution is 0.0704. The number of nitrogens with one attached hydrogen (secondary N) is 1. The summed E-state index contributed by atoms with van der Waals surface area (Å²) in [6, 6.07) is 6.80. The molecule has 9 heteroatoms. The molecule has 0 aliphatic carbocycles. The van der Waals surface area contributed by atoms with Crippen LogP contribution in [0, 0.1) is 6.92 Å². The van der Waals surface area contributed by atoms with Crippen LogP contribution in [0.2, 0.25) is 10.2 Å². The molecule has 2 aromatic heterocycles. The van der Waals surface area contributed by atoms with E-state index < -0.39 is 0 Å². The third-order valence-electron chi connectivity index (χ3n) is 5.37. The number of aryl methyl sites for hydroxylation is 1. The normalized spacial score (nSPS) is 14.4. The van der Waals surface area contributed by atoms with Gasteiger partial charge in [0.15, 0.2) is 0 Å². The summed E-state index contributed by atoms with van der Waals surface area (Å²) in [6.07, 6.45) is 2.33. The second-order valence-electron chi connectivity index (χ2n) is 7.78. The lowest BCUT2D eigenvalue weighted by Crippen LogP contribution is -2.39. The highest BCUT2D eigenvalue weighted by molar-refractivity contribution is 6.34. The average Bonchev–Trinajstić information content (AvgIpc) is 2.80. The summed E-state index contributed by atoms with van der Waals surface area (Å²) in [7, 11) is 0. The van der Waals surface area contributed by atoms with E-state index in [1.54, 1.807) is 17.0 Å². The molecule has 172 valence electrons. The number of halogens is 2. The fourth-order valence-corrected chi connectivity index (χ4v) is 4.07. The molecule has 2 aromatic rings. The second kappa shape index (κ2) is 11.6. The Morgan fingerprint density at radius 1 is 1.12 bits per heavy atom. The Hall–Kier alpha value is -2.22. The summed E-state index contributed by atoms with van der Waals surface area (Å²) in [6.45, 7) is 6.61. The number of aromatic nitrogens is 2. The quantitative estimate of drug-likeness (QED) is 0.452. The van der Waals surface area contributed by atoms with Gasteiger partial charge in [0, 0.05) is 37.9 Å². The highest BCUT2D eigenvalue weighted by Gasteiger charge is 2.29. The molecule has 3 heterocycles. The van der Waals surface area contributed by atoms with Crippen molar-refractivity contribution < 1.29 is 14.3 Å². The lowest BCUT2D eigenvalue weighted by Gasteiger charge is -2.32. The summed E-state index contributed by atoms with van der Waals surface area (Å²) in [5.74, 6) is -0.307. The van der Waals surface area contributed by atoms with Crippen molar-refractivity contribution in [1.29, 1.82) is 0 Å². The molecule has 1 fully saturated rings. The van der Waals surface area contributed by atoms with Crippen molar-refractivity contribution in [3.8, 4) is 0 Å². The van der Waals surface area contributed by atoms with E-state index in [-0.39, 0.29) is 33.6 Å². The summed E-state index contributed by atoms with van der Waals surface area (Å²) in [5.41, 5.74) is 2.38. The predicted octanol–water partition coefficient (Wildman–Crippen LogP) is 4.27. The minimum absolute atomic E-state index is 0.0823. The zero-order valence-corrected chi connectivity index (χ0v) is 19.9. The number of ether oxygens (including phenoxy) is 1. The van der Waals surface area contributed by atoms with Gasteiger partial charge in [-0.1, -0.05) is 30.1 Å². The van der Waals surface area contributed by atoms with Gasteiger partial charge in [0.25, 0.3) is 11.8 Å². The van der Waals surface area contributed by atoms with Crippen LogP contribution in [0.4, 0.5) is 0 Å². The molecule has 1 saturated heterocycles. The van der Waals surface area contributed by atoms with Crippen LogP contribution in [0.15, 0.2) is 24.3 Å². The highest BCUT2D eigenvalue weighted by atomic mass is 35.5. The molecule has 0 saturated carbocycles. The van der Waals surface area contributed by atoms with Crippen LogP contribution in [-0.2, 0) is 4.74 Å². The Labute approximate surface area is 198 Å². The van der Waals surface area contributed by atoms with E-state index in [0.29, 0.717) is 51.3 Å². The number of piperidine rings is 1. The van der Waals surface area contributed by atoms with Crippen molar-refractivity contribution in [3.05, 3.63) is 57.1 Å². The van der Waals surface area contributed by atoms with Gasteiger partial charge >= 0.3 is 0 Å². The van der Waals surface area contributed by atoms with Crippen LogP contribution < -0.4 is 5.32 Å². The Kier molecular flexibility index (Phi) is 8.84. The van der Waals surface area contributed by atoms with Crippen molar-refractivity contribution in [1.82, 2.24) is 20.2 Å². The average molecular weight is 479 g/mol. The van der Waals surface area contributed by atoms with Crippen molar-refractivity contribution in [2.24, 2.45) is 0 Å². The Bertz CT molecular complexity index is 962. The topological polar surface area (TPSA) is 84.4 Å². The number of hydrogen-bond donors (Lipinski definition) is 1. The first-order chi connectivity index (χ1) is 15.4. The third kappa shape index (κ3) is 6.18. The monoisotopic (exact) mass is 478 g/mol. The van der Waals surface area contributed by atoms with Gasteiger partial charge in [-0.2, -0.15) is 0 Å². The molecule has 0 spiro atoms. The molecule has 7 nitrogen and oxygen atoms in total. The molecule has 0 aromatic carbocycles. The Morgan fingerprint density at radius 2 is 1.88 bits per heavy atom. The minimum atomic E-state index is -0.238. The van der Waals surface area contributed by atoms with Crippen LogP contribution in [-0.4, -0.2) is 59.5 Å². The molecular weight excluding hydrogens is 451 g/mol. The van der Waals surface area contributed by atoms with Gasteiger partial charge in [-0.15, -0.1) is 0 Å². The maximum atomic E-state index is 12.9. The van der Waals surface area contributed by atoms with Crippen molar-refractivity contribution in [2.45, 2.75) is 39.0 Å². The summed E-state index contributed by atoms with van der Waals surface area (Å²) in [4.78, 5) is 36.1. The number of carbonyl (C=O) groups excluding carboxylic acids is 2. The molecule has 1 aliphatic rings. The maximum absolute atomic E-state index is 12.9. The Balaban J connectivity index is 1.66. The van der Waals surface area contributed by atoms with Crippen LogP contribution in [0.1, 0.15) is 64.3 Å². The second-order valence-corrected chi connectivity index (χ2v) is 8.58. The molecule has 2 amide bonds. The number of carbonyl (C=O) groups is 2. The van der Waals surface area contributed by atoms with Crippen LogP contribution in [0.25, 0.3) is 0 Å². The van der Waals surface area contributed by atoms with Gasteiger partial charge in [-0.05, 0) is 50.5 Å². The number of pyridine rings is 2. The Morgan fingerprint density at radius 3 is 2.59 bits per heavy atom. The first-order valence-corrected chi connectivity index (χ1v) is 11.6. The van der Waals surface area contributed by atoms with Crippen LogP contribution in [0.5, 0.6) is 0 Å². The number of hydrogen-bond acceptors (Lipinski definition) is 5. The fourth-order valence-electron chi connectivity index (χ4n) is 3.73. The summed E-state index contributed by atoms with van der Waals surface area (Å²) < 4.78 is 5.43. The van der Waals surface area contributed by atoms with Crippen molar-refractivity contribution >= 4 is 35.0 Å². The smallest absolute Gasteiger partial charge is 0.274 e. The first-order valence-electron chi connectivity index (χ1n) is 10.9. The van der Waals surface area contributed by atoms with Gasteiger partial charge < -0.3 is 15.0 Å². The molecular formula is C23H28Cl2N4O3. The number of likely N-dealkylation sites (tertiary alicyclic amines) is 1. The van der Waals surface area contributed by atoms with Crippen LogP contribution in [0.3, 0.4) is 0 Å². The van der Waals surface area contributed by atoms with Gasteiger partial charge in [-0.3, -0.25) is 14.6 Å². The standard InChI is InChI=1S/C23H28Cl2N4O3/c1-3-13-32-14-10-26-22(30)17-5-4-15(2)27-20(17)16-8-11-29(12-9-16)23(31)21-18(24)6-7-19(25)28-21/h4-7,16H,3,8-14H2,1-2H3,(H,26,30). The highest BCUT2D eigenvalue weighted by Crippen LogP contribution is 2.30. The van der Waals surface area contributed by atoms with Crippen LogP contribution >= 0.6 is 23.2 Å². The minimum Gasteiger partial charge on any atom is -0.380 e. The number of rotatable bonds is 8. The SMILES string of the molecule is CCCOCCNC(=O)c1ccc(C)nc1C1CCN(C(=O)c2nc(Cl)ccc2Cl)CC1. The molecule has 0 bridgehead atoms. The predicted molar refractivity (Wildman–Crippen MR) is 125 cm³/mol. The van der Waals surface area contributed by atoms with E-state index in [4.69, 9.17) is 27.9 Å². The first kappa shape index (κ1) is 24.4. The molecule has 0 radical (unpaired) electrons. The summed E-state index contributed by atoms with van der Waals surface area (Å²) in [5, 5.41) is 3.42. The van der Waals surface area contributed by atoms with Gasteiger partial charge in [0.2, 0.25) is 0 Å². The maximum Gasteiger partial charge on any atom is 0.274 e. The van der Waals surface area contributed by atoms with Gasteiger partial charge in [-0.25, -0.2) is 4.98 Å². The van der Waals surface area contributed by atoms with Crippen molar-refractivity contribution in [2.75, 3.05) is 32.8 Å². The number of amides is 2. The van der Waals surface area contributed by atoms with E-state index in [2.05, 4.69) is 15.3 Å². The van der Waals surface area contributed by atoms with E-state index >= 15 is 0 Å². The zero-order valence-electron chi connectivity index (χ0n) is 18.4. The van der Waals surface area contributed by atoms with Gasteiger partial charge in [0.05, 0.1) is 22.9 Å². The summed E-state index contributed by atoms with van der Waals surface area (Å²) >= 11 is 12.1. The van der Waals surface area contributed by atoms with E-state index in [0.717, 1.165) is 17.8 Å². The molecule has 32 heavy (non-hydrogen) atoms. The molecule has 1 aliphatic heterocycles. The van der Waals surface area contributed by atoms with Gasteiger partial charge in [0.1, 0.15) is 10.8 Å². The van der Waals surface area contributed by atoms with E-state index in [1.165, 1.54) is 0 Å². The molecule has 0 unspecified atom stereocenters. The number of nitrogens with zero attached hydrogens (tertiary/aromatic N) is 3. The zero-order chi connectivity index (χ0) is 23.1.